The van der Waals surface area contributed by atoms with Crippen LogP contribution in [0.25, 0.3) is 0 Å². The number of para-hydroxylation sites is 1. The van der Waals surface area contributed by atoms with Gasteiger partial charge in [0, 0.05) is 31.9 Å². The highest BCUT2D eigenvalue weighted by atomic mass is 16.2. The van der Waals surface area contributed by atoms with E-state index in [0.29, 0.717) is 25.9 Å². The van der Waals surface area contributed by atoms with Crippen molar-refractivity contribution in [2.75, 3.05) is 37.6 Å². The molecular formula is C20H23N3O3. The van der Waals surface area contributed by atoms with Gasteiger partial charge in [-0.05, 0) is 25.0 Å². The summed E-state index contributed by atoms with van der Waals surface area (Å²) in [6.45, 7) is 2.62. The fraction of sp³-hybridized carbons (Fsp3) is 0.450. The summed E-state index contributed by atoms with van der Waals surface area (Å²) in [6, 6.07) is 10.1. The molecule has 6 heteroatoms. The molecule has 2 aliphatic heterocycles. The summed E-state index contributed by atoms with van der Waals surface area (Å²) >= 11 is 0. The van der Waals surface area contributed by atoms with Crippen LogP contribution in [0.4, 0.5) is 5.69 Å². The molecule has 0 bridgehead atoms. The minimum atomic E-state index is -0.268. The number of carbonyl (C=O) groups is 3. The maximum absolute atomic E-state index is 12.6. The van der Waals surface area contributed by atoms with E-state index in [1.807, 2.05) is 30.4 Å². The van der Waals surface area contributed by atoms with Crippen LogP contribution >= 0.6 is 0 Å². The van der Waals surface area contributed by atoms with Crippen LogP contribution in [0.3, 0.4) is 0 Å². The average molecular weight is 353 g/mol. The number of rotatable bonds is 3. The van der Waals surface area contributed by atoms with Gasteiger partial charge >= 0.3 is 0 Å². The van der Waals surface area contributed by atoms with Crippen molar-refractivity contribution in [3.8, 4) is 0 Å². The van der Waals surface area contributed by atoms with Gasteiger partial charge in [-0.25, -0.2) is 0 Å². The third-order valence-corrected chi connectivity index (χ3v) is 5.65. The Morgan fingerprint density at radius 1 is 0.885 bits per heavy atom. The van der Waals surface area contributed by atoms with Gasteiger partial charge in [0.15, 0.2) is 0 Å². The second-order valence-corrected chi connectivity index (χ2v) is 7.12. The van der Waals surface area contributed by atoms with Gasteiger partial charge in [0.25, 0.3) is 0 Å². The molecule has 3 aliphatic rings. The molecule has 2 heterocycles. The molecule has 3 amide bonds. The van der Waals surface area contributed by atoms with Crippen LogP contribution < -0.4 is 4.90 Å². The van der Waals surface area contributed by atoms with Gasteiger partial charge in [0.2, 0.25) is 17.7 Å². The van der Waals surface area contributed by atoms with Gasteiger partial charge in [0.05, 0.1) is 11.8 Å². The molecule has 0 aromatic heterocycles. The highest BCUT2D eigenvalue weighted by Crippen LogP contribution is 2.34. The monoisotopic (exact) mass is 353 g/mol. The number of amides is 3. The van der Waals surface area contributed by atoms with Crippen molar-refractivity contribution in [3.63, 3.8) is 0 Å². The normalized spacial score (nSPS) is 25.6. The van der Waals surface area contributed by atoms with E-state index < -0.39 is 0 Å². The Kier molecular flexibility index (Phi) is 4.49. The maximum atomic E-state index is 12.6. The second-order valence-electron chi connectivity index (χ2n) is 7.12. The molecule has 1 aliphatic carbocycles. The average Bonchev–Trinajstić information content (AvgIpc) is 2.94. The summed E-state index contributed by atoms with van der Waals surface area (Å²) in [5.41, 5.74) is 1.15. The summed E-state index contributed by atoms with van der Waals surface area (Å²) in [4.78, 5) is 42.8. The Balaban J connectivity index is 1.35. The fourth-order valence-corrected chi connectivity index (χ4v) is 4.11. The largest absolute Gasteiger partial charge is 0.368 e. The van der Waals surface area contributed by atoms with E-state index in [2.05, 4.69) is 17.0 Å². The maximum Gasteiger partial charge on any atom is 0.242 e. The Morgan fingerprint density at radius 3 is 2.04 bits per heavy atom. The number of piperazine rings is 1. The standard InChI is InChI=1S/C20H23N3O3/c24-18(14-23-19(25)16-8-4-5-9-17(16)20(23)26)22-12-10-21(11-13-22)15-6-2-1-3-7-15/h1-7,16-17H,8-14H2/t16-,17-/m0/s1. The van der Waals surface area contributed by atoms with Gasteiger partial charge in [-0.2, -0.15) is 0 Å². The van der Waals surface area contributed by atoms with Crippen LogP contribution in [0.2, 0.25) is 0 Å². The number of carbonyl (C=O) groups excluding carboxylic acids is 3. The molecule has 1 aromatic rings. The van der Waals surface area contributed by atoms with E-state index in [9.17, 15) is 14.4 Å². The number of hydrogen-bond acceptors (Lipinski definition) is 4. The molecule has 4 rings (SSSR count). The zero-order valence-electron chi connectivity index (χ0n) is 14.7. The second kappa shape index (κ2) is 6.94. The molecular weight excluding hydrogens is 330 g/mol. The summed E-state index contributed by atoms with van der Waals surface area (Å²) in [5.74, 6) is -1.03. The van der Waals surface area contributed by atoms with E-state index in [4.69, 9.17) is 0 Å². The smallest absolute Gasteiger partial charge is 0.242 e. The highest BCUT2D eigenvalue weighted by Gasteiger charge is 2.47. The minimum Gasteiger partial charge on any atom is -0.368 e. The van der Waals surface area contributed by atoms with Gasteiger partial charge in [-0.3, -0.25) is 19.3 Å². The van der Waals surface area contributed by atoms with Crippen molar-refractivity contribution in [1.29, 1.82) is 0 Å². The number of benzene rings is 1. The minimum absolute atomic E-state index is 0.115. The number of nitrogens with zero attached hydrogens (tertiary/aromatic N) is 3. The Bertz CT molecular complexity index is 712. The molecule has 0 saturated carbocycles. The lowest BCUT2D eigenvalue weighted by Crippen LogP contribution is -2.52. The first-order chi connectivity index (χ1) is 12.6. The van der Waals surface area contributed by atoms with E-state index in [0.717, 1.165) is 18.8 Å². The van der Waals surface area contributed by atoms with Crippen molar-refractivity contribution in [1.82, 2.24) is 9.80 Å². The van der Waals surface area contributed by atoms with E-state index in [-0.39, 0.29) is 36.1 Å². The molecule has 136 valence electrons. The predicted molar refractivity (Wildman–Crippen MR) is 97.3 cm³/mol. The number of fused-ring (bicyclic) bond motifs is 1. The molecule has 0 unspecified atom stereocenters. The molecule has 0 radical (unpaired) electrons. The van der Waals surface area contributed by atoms with E-state index >= 15 is 0 Å². The lowest BCUT2D eigenvalue weighted by atomic mass is 9.85. The Hall–Kier alpha value is -2.63. The van der Waals surface area contributed by atoms with E-state index in [1.54, 1.807) is 4.90 Å². The van der Waals surface area contributed by atoms with Gasteiger partial charge in [-0.15, -0.1) is 0 Å². The molecule has 2 saturated heterocycles. The molecule has 2 atom stereocenters. The van der Waals surface area contributed by atoms with Gasteiger partial charge in [-0.1, -0.05) is 30.4 Å². The van der Waals surface area contributed by atoms with Crippen molar-refractivity contribution in [3.05, 3.63) is 42.5 Å². The van der Waals surface area contributed by atoms with Crippen molar-refractivity contribution in [2.24, 2.45) is 11.8 Å². The first-order valence-electron chi connectivity index (χ1n) is 9.23. The number of imide groups is 1. The predicted octanol–water partition coefficient (Wildman–Crippen LogP) is 1.29. The molecule has 0 spiro atoms. The zero-order chi connectivity index (χ0) is 18.1. The summed E-state index contributed by atoms with van der Waals surface area (Å²) in [6.07, 6.45) is 5.13. The van der Waals surface area contributed by atoms with Gasteiger partial charge in [0.1, 0.15) is 6.54 Å². The quantitative estimate of drug-likeness (QED) is 0.607. The lowest BCUT2D eigenvalue weighted by molar-refractivity contribution is -0.146. The van der Waals surface area contributed by atoms with Crippen LogP contribution in [0, 0.1) is 11.8 Å². The number of likely N-dealkylation sites (tertiary alicyclic amines) is 1. The highest BCUT2D eigenvalue weighted by molar-refractivity contribution is 6.07. The fourth-order valence-electron chi connectivity index (χ4n) is 4.11. The SMILES string of the molecule is O=C(CN1C(=O)[C@H]2CC=CC[C@@H]2C1=O)N1CCN(c2ccccc2)CC1. The van der Waals surface area contributed by atoms with Crippen molar-refractivity contribution >= 4 is 23.4 Å². The third-order valence-electron chi connectivity index (χ3n) is 5.65. The first-order valence-corrected chi connectivity index (χ1v) is 9.23. The third kappa shape index (κ3) is 3.00. The van der Waals surface area contributed by atoms with E-state index in [1.165, 1.54) is 4.90 Å². The molecule has 2 fully saturated rings. The topological polar surface area (TPSA) is 60.9 Å². The number of allylic oxidation sites excluding steroid dienone is 2. The lowest BCUT2D eigenvalue weighted by Gasteiger charge is -2.36. The van der Waals surface area contributed by atoms with Crippen molar-refractivity contribution in [2.45, 2.75) is 12.8 Å². The Morgan fingerprint density at radius 2 is 1.46 bits per heavy atom. The molecule has 26 heavy (non-hydrogen) atoms. The summed E-state index contributed by atoms with van der Waals surface area (Å²) < 4.78 is 0. The first kappa shape index (κ1) is 16.8. The van der Waals surface area contributed by atoms with Crippen LogP contribution in [0.15, 0.2) is 42.5 Å². The van der Waals surface area contributed by atoms with Crippen molar-refractivity contribution < 1.29 is 14.4 Å². The number of hydrogen-bond donors (Lipinski definition) is 0. The Labute approximate surface area is 153 Å². The molecule has 0 N–H and O–H groups in total. The zero-order valence-corrected chi connectivity index (χ0v) is 14.7. The summed E-state index contributed by atoms with van der Waals surface area (Å²) in [7, 11) is 0. The number of anilines is 1. The molecule has 1 aromatic carbocycles. The van der Waals surface area contributed by atoms with Crippen LogP contribution in [0.1, 0.15) is 12.8 Å². The van der Waals surface area contributed by atoms with Crippen LogP contribution in [0.5, 0.6) is 0 Å². The molecule has 6 nitrogen and oxygen atoms in total. The summed E-state index contributed by atoms with van der Waals surface area (Å²) in [5, 5.41) is 0. The van der Waals surface area contributed by atoms with Gasteiger partial charge < -0.3 is 9.80 Å². The van der Waals surface area contributed by atoms with Crippen LogP contribution in [-0.4, -0.2) is 60.2 Å². The van der Waals surface area contributed by atoms with Crippen LogP contribution in [-0.2, 0) is 14.4 Å².